The molecular formula is C55H64N6O8. The van der Waals surface area contributed by atoms with Crippen molar-refractivity contribution in [2.45, 2.75) is 120 Å². The minimum Gasteiger partial charge on any atom is -0.453 e. The molecule has 0 radical (unpaired) electrons. The van der Waals surface area contributed by atoms with E-state index in [1.54, 1.807) is 34.1 Å². The van der Waals surface area contributed by atoms with Crippen LogP contribution >= 0.6 is 0 Å². The van der Waals surface area contributed by atoms with Crippen molar-refractivity contribution < 1.29 is 38.2 Å². The van der Waals surface area contributed by atoms with E-state index in [4.69, 9.17) is 9.47 Å². The monoisotopic (exact) mass is 936 g/mol. The summed E-state index contributed by atoms with van der Waals surface area (Å²) in [6.07, 6.45) is 8.94. The van der Waals surface area contributed by atoms with Crippen molar-refractivity contribution in [3.05, 3.63) is 119 Å². The number of hydrogen-bond donors (Lipinski definition) is 4. The van der Waals surface area contributed by atoms with E-state index in [2.05, 4.69) is 59.4 Å². The van der Waals surface area contributed by atoms with Crippen LogP contribution in [-0.2, 0) is 34.1 Å². The molecule has 6 amide bonds. The lowest BCUT2D eigenvalue weighted by molar-refractivity contribution is -0.138. The Bertz CT molecular complexity index is 2430. The molecule has 0 bridgehead atoms. The maximum atomic E-state index is 14.5. The quantitative estimate of drug-likeness (QED) is 0.0860. The number of methoxy groups -OCH3 is 2. The van der Waals surface area contributed by atoms with Gasteiger partial charge in [0.15, 0.2) is 0 Å². The van der Waals surface area contributed by atoms with Gasteiger partial charge in [0.05, 0.1) is 14.2 Å². The van der Waals surface area contributed by atoms with Crippen LogP contribution in [0.4, 0.5) is 21.0 Å². The maximum absolute atomic E-state index is 14.5. The average Bonchev–Trinajstić information content (AvgIpc) is 4.21. The summed E-state index contributed by atoms with van der Waals surface area (Å²) in [7, 11) is 2.52. The van der Waals surface area contributed by atoms with Crippen LogP contribution in [0.3, 0.4) is 0 Å². The number of hydrogen-bond acceptors (Lipinski definition) is 8. The Morgan fingerprint density at radius 3 is 1.32 bits per heavy atom. The van der Waals surface area contributed by atoms with Gasteiger partial charge in [-0.2, -0.15) is 0 Å². The first kappa shape index (κ1) is 47.4. The number of carbonyl (C=O) groups excluding carboxylic acids is 6. The number of benzene rings is 4. The normalized spacial score (nSPS) is 20.3. The summed E-state index contributed by atoms with van der Waals surface area (Å²) in [4.78, 5) is 86.3. The number of amides is 6. The highest BCUT2D eigenvalue weighted by Gasteiger charge is 2.57. The molecule has 4 aromatic carbocycles. The van der Waals surface area contributed by atoms with Crippen LogP contribution in [0.25, 0.3) is 11.1 Å². The number of rotatable bonds is 16. The fourth-order valence-electron chi connectivity index (χ4n) is 11.4. The van der Waals surface area contributed by atoms with Crippen LogP contribution in [0.15, 0.2) is 97.1 Å². The molecule has 9 rings (SSSR count). The molecule has 2 aliphatic heterocycles. The predicted octanol–water partition coefficient (Wildman–Crippen LogP) is 9.17. The Kier molecular flexibility index (Phi) is 13.3. The van der Waals surface area contributed by atoms with Gasteiger partial charge in [-0.25, -0.2) is 9.59 Å². The average molecular weight is 937 g/mol. The van der Waals surface area contributed by atoms with Crippen molar-refractivity contribution in [2.75, 3.05) is 37.9 Å². The molecule has 2 heterocycles. The first-order valence-corrected chi connectivity index (χ1v) is 24.7. The van der Waals surface area contributed by atoms with E-state index in [1.807, 2.05) is 48.5 Å². The molecule has 2 spiro atoms. The number of carbonyl (C=O) groups is 6. The van der Waals surface area contributed by atoms with Crippen molar-refractivity contribution >= 4 is 47.2 Å². The summed E-state index contributed by atoms with van der Waals surface area (Å²) in [5, 5.41) is 11.9. The first-order chi connectivity index (χ1) is 33.4. The fraction of sp³-hybridized carbons (Fsp3) is 0.455. The minimum absolute atomic E-state index is 0.122. The lowest BCUT2D eigenvalue weighted by atomic mass is 9.70. The number of anilines is 2. The molecule has 2 saturated heterocycles. The minimum atomic E-state index is -1.02. The van der Waals surface area contributed by atoms with Gasteiger partial charge in [-0.3, -0.25) is 19.2 Å². The molecule has 4 N–H and O–H groups in total. The van der Waals surface area contributed by atoms with Gasteiger partial charge in [-0.15, -0.1) is 0 Å². The highest BCUT2D eigenvalue weighted by molar-refractivity contribution is 6.01. The Morgan fingerprint density at radius 1 is 0.580 bits per heavy atom. The second-order valence-electron chi connectivity index (χ2n) is 20.1. The molecule has 69 heavy (non-hydrogen) atoms. The Labute approximate surface area is 404 Å². The van der Waals surface area contributed by atoms with Gasteiger partial charge in [0, 0.05) is 29.9 Å². The predicted molar refractivity (Wildman–Crippen MR) is 262 cm³/mol. The van der Waals surface area contributed by atoms with Gasteiger partial charge < -0.3 is 40.5 Å². The zero-order valence-electron chi connectivity index (χ0n) is 40.1. The molecule has 3 aliphatic carbocycles. The van der Waals surface area contributed by atoms with Crippen molar-refractivity contribution in [1.29, 1.82) is 0 Å². The van der Waals surface area contributed by atoms with E-state index in [9.17, 15) is 28.8 Å². The lowest BCUT2D eigenvalue weighted by Gasteiger charge is -2.33. The van der Waals surface area contributed by atoms with E-state index in [-0.39, 0.29) is 34.5 Å². The van der Waals surface area contributed by atoms with Gasteiger partial charge in [-0.05, 0) is 120 Å². The molecule has 0 unspecified atom stereocenters. The fourth-order valence-corrected chi connectivity index (χ4v) is 11.4. The number of likely N-dealkylation sites (tertiary alicyclic amines) is 2. The molecular weight excluding hydrogens is 873 g/mol. The zero-order valence-corrected chi connectivity index (χ0v) is 40.1. The lowest BCUT2D eigenvalue weighted by Crippen LogP contribution is -2.48. The molecule has 362 valence electrons. The van der Waals surface area contributed by atoms with E-state index in [0.29, 0.717) is 48.4 Å². The Balaban J connectivity index is 0.985. The van der Waals surface area contributed by atoms with Gasteiger partial charge in [0.2, 0.25) is 11.8 Å². The third kappa shape index (κ3) is 9.42. The Morgan fingerprint density at radius 2 is 0.971 bits per heavy atom. The number of alkyl carbamates (subject to hydrolysis) is 2. The third-order valence-corrected chi connectivity index (χ3v) is 15.6. The van der Waals surface area contributed by atoms with Crippen molar-refractivity contribution in [2.24, 2.45) is 10.8 Å². The number of nitrogens with one attached hydrogen (secondary N) is 4. The van der Waals surface area contributed by atoms with Crippen molar-refractivity contribution in [1.82, 2.24) is 20.4 Å². The molecule has 14 nitrogen and oxygen atoms in total. The van der Waals surface area contributed by atoms with Gasteiger partial charge in [0.1, 0.15) is 24.2 Å². The number of ether oxygens (including phenoxy) is 2. The highest BCUT2D eigenvalue weighted by atomic mass is 16.5. The SMILES string of the molecule is CCCCC1(CCCC)c2cc(NC(=O)[C@@H]3CC4(CC4)CN3C(=O)[C@H](NC(=O)OC)c3ccccc3)ccc2-c2ccc(NC(=O)[C@@H]3CC4(CC4)CN3C(=O)[C@H](NC(=O)OC)c3ccccc3)cc21. The topological polar surface area (TPSA) is 175 Å². The summed E-state index contributed by atoms with van der Waals surface area (Å²) in [5.74, 6) is -1.25. The summed E-state index contributed by atoms with van der Waals surface area (Å²) < 4.78 is 9.80. The van der Waals surface area contributed by atoms with Crippen LogP contribution in [-0.4, -0.2) is 85.0 Å². The molecule has 4 aromatic rings. The highest BCUT2D eigenvalue weighted by Crippen LogP contribution is 2.58. The molecule has 2 saturated carbocycles. The van der Waals surface area contributed by atoms with Crippen LogP contribution in [0.1, 0.15) is 125 Å². The maximum Gasteiger partial charge on any atom is 0.407 e. The van der Waals surface area contributed by atoms with E-state index in [0.717, 1.165) is 86.5 Å². The van der Waals surface area contributed by atoms with Crippen LogP contribution in [0.2, 0.25) is 0 Å². The summed E-state index contributed by atoms with van der Waals surface area (Å²) in [5.41, 5.74) is 6.24. The Hall–Kier alpha value is -6.70. The van der Waals surface area contributed by atoms with Crippen molar-refractivity contribution in [3.8, 4) is 11.1 Å². The van der Waals surface area contributed by atoms with Gasteiger partial charge in [-0.1, -0.05) is 112 Å². The van der Waals surface area contributed by atoms with E-state index < -0.39 is 41.8 Å². The van der Waals surface area contributed by atoms with Crippen LogP contribution in [0, 0.1) is 10.8 Å². The van der Waals surface area contributed by atoms with E-state index >= 15 is 0 Å². The molecule has 4 fully saturated rings. The second-order valence-corrected chi connectivity index (χ2v) is 20.1. The summed E-state index contributed by atoms with van der Waals surface area (Å²) in [6, 6.07) is 26.8. The first-order valence-electron chi connectivity index (χ1n) is 24.7. The number of fused-ring (bicyclic) bond motifs is 3. The largest absolute Gasteiger partial charge is 0.453 e. The molecule has 5 aliphatic rings. The van der Waals surface area contributed by atoms with E-state index in [1.165, 1.54) is 14.2 Å². The summed E-state index contributed by atoms with van der Waals surface area (Å²) >= 11 is 0. The van der Waals surface area contributed by atoms with Crippen molar-refractivity contribution in [3.63, 3.8) is 0 Å². The molecule has 14 heteroatoms. The van der Waals surface area contributed by atoms with Gasteiger partial charge >= 0.3 is 12.2 Å². The number of nitrogens with zero attached hydrogens (tertiary/aromatic N) is 2. The molecule has 0 aromatic heterocycles. The standard InChI is InChI=1S/C55H64N6O8/c1-5-7-23-55(24-8-6-2)41-29-37(56-47(62)43-31-53(25-26-53)33-60(43)49(64)45(58-51(66)68-3)35-15-11-9-12-16-35)19-21-39(41)40-22-20-38(30-42(40)55)57-48(63)44-32-54(27-28-54)34-61(44)50(65)46(59-52(67)69-4)36-17-13-10-14-18-36/h9-22,29-30,43-46H,5-8,23-28,31-34H2,1-4H3,(H,56,62)(H,57,63)(H,58,66)(H,59,67)/t43-,44-,45+,46+/m0/s1. The van der Waals surface area contributed by atoms with Gasteiger partial charge in [0.25, 0.3) is 11.8 Å². The summed E-state index contributed by atoms with van der Waals surface area (Å²) in [6.45, 7) is 5.24. The smallest absolute Gasteiger partial charge is 0.407 e. The number of unbranched alkanes of at least 4 members (excludes halogenated alkanes) is 2. The van der Waals surface area contributed by atoms with Crippen LogP contribution in [0.5, 0.6) is 0 Å². The van der Waals surface area contributed by atoms with Crippen LogP contribution < -0.4 is 21.3 Å². The third-order valence-electron chi connectivity index (χ3n) is 15.6. The second kappa shape index (κ2) is 19.4. The molecule has 4 atom stereocenters. The zero-order chi connectivity index (χ0) is 48.5.